The lowest BCUT2D eigenvalue weighted by Crippen LogP contribution is -2.38. The van der Waals surface area contributed by atoms with Gasteiger partial charge in [0.2, 0.25) is 0 Å². The molecule has 124 valence electrons. The summed E-state index contributed by atoms with van der Waals surface area (Å²) in [5.41, 5.74) is 1.000. The van der Waals surface area contributed by atoms with Crippen molar-refractivity contribution >= 4 is 11.7 Å². The molecule has 3 N–H and O–H groups in total. The minimum absolute atomic E-state index is 0.00399. The molecule has 0 aromatic carbocycles. The van der Waals surface area contributed by atoms with E-state index in [1.165, 1.54) is 13.2 Å². The topological polar surface area (TPSA) is 95.3 Å². The maximum atomic E-state index is 12.4. The van der Waals surface area contributed by atoms with Crippen molar-refractivity contribution in [2.45, 2.75) is 39.7 Å². The van der Waals surface area contributed by atoms with Crippen molar-refractivity contribution in [3.8, 4) is 0 Å². The third kappa shape index (κ3) is 3.37. The SMILES string of the molecule is CCc1c(C(=O)NCC(C)(O)c2ccco2)[nH]c(C)c1C(C)=O. The molecule has 1 atom stereocenters. The average Bonchev–Trinajstić information content (AvgIpc) is 3.12. The van der Waals surface area contributed by atoms with E-state index in [0.29, 0.717) is 34.7 Å². The lowest BCUT2D eigenvalue weighted by molar-refractivity contribution is 0.0329. The van der Waals surface area contributed by atoms with Crippen LogP contribution in [-0.4, -0.2) is 28.3 Å². The zero-order valence-electron chi connectivity index (χ0n) is 13.8. The van der Waals surface area contributed by atoms with Crippen LogP contribution in [0.1, 0.15) is 58.6 Å². The highest BCUT2D eigenvalue weighted by Crippen LogP contribution is 2.22. The Bertz CT molecular complexity index is 711. The second-order valence-corrected chi connectivity index (χ2v) is 5.82. The van der Waals surface area contributed by atoms with Gasteiger partial charge in [-0.3, -0.25) is 9.59 Å². The van der Waals surface area contributed by atoms with Gasteiger partial charge in [0.25, 0.3) is 5.91 Å². The van der Waals surface area contributed by atoms with Crippen LogP contribution < -0.4 is 5.32 Å². The van der Waals surface area contributed by atoms with Crippen LogP contribution in [0.2, 0.25) is 0 Å². The molecule has 2 rings (SSSR count). The number of H-pyrrole nitrogens is 1. The quantitative estimate of drug-likeness (QED) is 0.712. The van der Waals surface area contributed by atoms with Gasteiger partial charge in [-0.25, -0.2) is 0 Å². The molecule has 6 nitrogen and oxygen atoms in total. The molecule has 2 aromatic rings. The smallest absolute Gasteiger partial charge is 0.268 e. The van der Waals surface area contributed by atoms with E-state index in [1.54, 1.807) is 26.0 Å². The third-order valence-electron chi connectivity index (χ3n) is 3.87. The summed E-state index contributed by atoms with van der Waals surface area (Å²) in [6.07, 6.45) is 2.03. The maximum absolute atomic E-state index is 12.4. The van der Waals surface area contributed by atoms with E-state index in [1.807, 2.05) is 6.92 Å². The number of nitrogens with one attached hydrogen (secondary N) is 2. The number of carbonyl (C=O) groups is 2. The standard InChI is InChI=1S/C17H22N2O4/c1-5-12-14(11(3)20)10(2)19-15(12)16(21)18-9-17(4,22)13-7-6-8-23-13/h6-8,19,22H,5,9H2,1-4H3,(H,18,21). The number of aromatic nitrogens is 1. The van der Waals surface area contributed by atoms with Crippen molar-refractivity contribution in [3.63, 3.8) is 0 Å². The first kappa shape index (κ1) is 17.0. The maximum Gasteiger partial charge on any atom is 0.268 e. The Hall–Kier alpha value is -2.34. The van der Waals surface area contributed by atoms with Gasteiger partial charge >= 0.3 is 0 Å². The summed E-state index contributed by atoms with van der Waals surface area (Å²) in [7, 11) is 0. The summed E-state index contributed by atoms with van der Waals surface area (Å²) < 4.78 is 5.18. The van der Waals surface area contributed by atoms with Gasteiger partial charge in [0.1, 0.15) is 17.1 Å². The number of hydrogen-bond donors (Lipinski definition) is 3. The molecule has 1 amide bonds. The minimum atomic E-state index is -1.31. The van der Waals surface area contributed by atoms with Crippen molar-refractivity contribution in [1.82, 2.24) is 10.3 Å². The molecule has 23 heavy (non-hydrogen) atoms. The molecular formula is C17H22N2O4. The minimum Gasteiger partial charge on any atom is -0.466 e. The number of rotatable bonds is 6. The summed E-state index contributed by atoms with van der Waals surface area (Å²) in [6.45, 7) is 6.71. The summed E-state index contributed by atoms with van der Waals surface area (Å²) in [5, 5.41) is 13.1. The molecule has 0 spiro atoms. The van der Waals surface area contributed by atoms with Crippen molar-refractivity contribution in [2.75, 3.05) is 6.54 Å². The molecule has 0 saturated heterocycles. The van der Waals surface area contributed by atoms with Crippen LogP contribution in [0.15, 0.2) is 22.8 Å². The predicted octanol–water partition coefficient (Wildman–Crippen LogP) is 2.32. The van der Waals surface area contributed by atoms with Crippen LogP contribution in [0.5, 0.6) is 0 Å². The van der Waals surface area contributed by atoms with Crippen molar-refractivity contribution < 1.29 is 19.1 Å². The molecule has 0 bridgehead atoms. The van der Waals surface area contributed by atoms with Crippen LogP contribution in [0.3, 0.4) is 0 Å². The van der Waals surface area contributed by atoms with E-state index < -0.39 is 5.60 Å². The fourth-order valence-corrected chi connectivity index (χ4v) is 2.71. The molecule has 0 fully saturated rings. The van der Waals surface area contributed by atoms with Crippen molar-refractivity contribution in [1.29, 1.82) is 0 Å². The number of ketones is 1. The zero-order chi connectivity index (χ0) is 17.2. The number of aliphatic hydroxyl groups is 1. The summed E-state index contributed by atoms with van der Waals surface area (Å²) in [6, 6.07) is 3.32. The molecule has 0 saturated carbocycles. The summed E-state index contributed by atoms with van der Waals surface area (Å²) >= 11 is 0. The lowest BCUT2D eigenvalue weighted by atomic mass is 10.0. The second kappa shape index (κ2) is 6.42. The second-order valence-electron chi connectivity index (χ2n) is 5.82. The highest BCUT2D eigenvalue weighted by atomic mass is 16.4. The van der Waals surface area contributed by atoms with Gasteiger partial charge in [-0.2, -0.15) is 0 Å². The fraction of sp³-hybridized carbons (Fsp3) is 0.412. The molecule has 1 unspecified atom stereocenters. The van der Waals surface area contributed by atoms with Crippen LogP contribution in [-0.2, 0) is 12.0 Å². The average molecular weight is 318 g/mol. The monoisotopic (exact) mass is 318 g/mol. The van der Waals surface area contributed by atoms with Gasteiger partial charge < -0.3 is 19.8 Å². The highest BCUT2D eigenvalue weighted by molar-refractivity contribution is 6.02. The Morgan fingerprint density at radius 2 is 2.13 bits per heavy atom. The van der Waals surface area contributed by atoms with Gasteiger partial charge in [-0.15, -0.1) is 0 Å². The van der Waals surface area contributed by atoms with Crippen LogP contribution in [0.4, 0.5) is 0 Å². The summed E-state index contributed by atoms with van der Waals surface area (Å²) in [5.74, 6) is -0.0536. The molecule has 0 aliphatic rings. The largest absolute Gasteiger partial charge is 0.466 e. The molecule has 0 radical (unpaired) electrons. The molecular weight excluding hydrogens is 296 g/mol. The Morgan fingerprint density at radius 1 is 1.43 bits per heavy atom. The zero-order valence-corrected chi connectivity index (χ0v) is 13.8. The number of Topliss-reactive ketones (excluding diaryl/α,β-unsaturated/α-hetero) is 1. The van der Waals surface area contributed by atoms with E-state index in [-0.39, 0.29) is 18.2 Å². The van der Waals surface area contributed by atoms with Crippen LogP contribution in [0.25, 0.3) is 0 Å². The Morgan fingerprint density at radius 3 is 2.65 bits per heavy atom. The molecule has 2 aromatic heterocycles. The first-order valence-electron chi connectivity index (χ1n) is 7.54. The molecule has 2 heterocycles. The van der Waals surface area contributed by atoms with E-state index >= 15 is 0 Å². The van der Waals surface area contributed by atoms with Crippen LogP contribution in [0, 0.1) is 6.92 Å². The van der Waals surface area contributed by atoms with E-state index in [2.05, 4.69) is 10.3 Å². The van der Waals surface area contributed by atoms with Crippen molar-refractivity contribution in [3.05, 3.63) is 46.7 Å². The van der Waals surface area contributed by atoms with Gasteiger partial charge in [0.05, 0.1) is 12.8 Å². The summed E-state index contributed by atoms with van der Waals surface area (Å²) in [4.78, 5) is 27.2. The number of aryl methyl sites for hydroxylation is 1. The van der Waals surface area contributed by atoms with Crippen LogP contribution >= 0.6 is 0 Å². The Labute approximate surface area is 134 Å². The fourth-order valence-electron chi connectivity index (χ4n) is 2.71. The Kier molecular flexibility index (Phi) is 4.75. The van der Waals surface area contributed by atoms with Gasteiger partial charge in [-0.1, -0.05) is 6.92 Å². The predicted molar refractivity (Wildman–Crippen MR) is 85.5 cm³/mol. The van der Waals surface area contributed by atoms with Crippen molar-refractivity contribution in [2.24, 2.45) is 0 Å². The Balaban J connectivity index is 2.19. The van der Waals surface area contributed by atoms with E-state index in [4.69, 9.17) is 4.42 Å². The molecule has 0 aliphatic heterocycles. The number of carbonyl (C=O) groups excluding carboxylic acids is 2. The van der Waals surface area contributed by atoms with Gasteiger partial charge in [-0.05, 0) is 44.9 Å². The lowest BCUT2D eigenvalue weighted by Gasteiger charge is -2.21. The number of furan rings is 1. The number of hydrogen-bond acceptors (Lipinski definition) is 4. The van der Waals surface area contributed by atoms with E-state index in [0.717, 1.165) is 0 Å². The first-order valence-corrected chi connectivity index (χ1v) is 7.54. The number of amides is 1. The first-order chi connectivity index (χ1) is 10.8. The van der Waals surface area contributed by atoms with Gasteiger partial charge in [0, 0.05) is 11.3 Å². The normalized spacial score (nSPS) is 13.6. The van der Waals surface area contributed by atoms with E-state index in [9.17, 15) is 14.7 Å². The molecule has 0 aliphatic carbocycles. The highest BCUT2D eigenvalue weighted by Gasteiger charge is 2.28. The van der Waals surface area contributed by atoms with Gasteiger partial charge in [0.15, 0.2) is 5.78 Å². The number of aromatic amines is 1. The molecule has 6 heteroatoms. The third-order valence-corrected chi connectivity index (χ3v) is 3.87.